The number of hydrogen-bond acceptors (Lipinski definition) is 5. The molecule has 0 saturated carbocycles. The first-order valence-electron chi connectivity index (χ1n) is 7.46. The minimum absolute atomic E-state index is 0.141. The average molecular weight is 376 g/mol. The van der Waals surface area contributed by atoms with Crippen molar-refractivity contribution in [2.75, 3.05) is 13.2 Å². The number of rotatable bonds is 5. The number of phenols is 1. The monoisotopic (exact) mass is 375 g/mol. The van der Waals surface area contributed by atoms with E-state index in [0.29, 0.717) is 15.7 Å². The van der Waals surface area contributed by atoms with Crippen LogP contribution in [0.4, 0.5) is 4.79 Å². The molecule has 0 aromatic heterocycles. The third-order valence-corrected chi connectivity index (χ3v) is 4.69. The van der Waals surface area contributed by atoms with E-state index in [4.69, 9.17) is 16.3 Å². The fraction of sp³-hybridized carbons (Fsp3) is 0.111. The number of halogens is 1. The Balaban J connectivity index is 1.63. The molecular formula is C18H14ClNO4S. The fourth-order valence-corrected chi connectivity index (χ4v) is 3.28. The molecule has 1 aliphatic rings. The van der Waals surface area contributed by atoms with Crippen LogP contribution in [0.5, 0.6) is 11.5 Å². The van der Waals surface area contributed by atoms with E-state index in [1.54, 1.807) is 42.5 Å². The molecule has 1 heterocycles. The minimum atomic E-state index is -0.356. The molecule has 3 rings (SSSR count). The van der Waals surface area contributed by atoms with Crippen molar-refractivity contribution in [3.05, 3.63) is 64.0 Å². The lowest BCUT2D eigenvalue weighted by Gasteiger charge is -2.13. The Kier molecular flexibility index (Phi) is 5.31. The van der Waals surface area contributed by atoms with Gasteiger partial charge < -0.3 is 9.84 Å². The summed E-state index contributed by atoms with van der Waals surface area (Å²) in [6, 6.07) is 13.4. The Morgan fingerprint density at radius 1 is 1.12 bits per heavy atom. The van der Waals surface area contributed by atoms with Gasteiger partial charge in [0.2, 0.25) is 0 Å². The third-order valence-electron chi connectivity index (χ3n) is 3.47. The van der Waals surface area contributed by atoms with E-state index in [1.165, 1.54) is 12.1 Å². The maximum atomic E-state index is 12.4. The molecule has 2 amide bonds. The lowest BCUT2D eigenvalue weighted by molar-refractivity contribution is -0.123. The molecule has 2 aromatic carbocycles. The van der Waals surface area contributed by atoms with Gasteiger partial charge in [-0.1, -0.05) is 35.9 Å². The summed E-state index contributed by atoms with van der Waals surface area (Å²) in [5, 5.41) is 9.43. The van der Waals surface area contributed by atoms with Crippen molar-refractivity contribution in [3.63, 3.8) is 0 Å². The van der Waals surface area contributed by atoms with Crippen LogP contribution in [0, 0.1) is 0 Å². The molecule has 0 bridgehead atoms. The lowest BCUT2D eigenvalue weighted by atomic mass is 10.2. The Hall–Kier alpha value is -2.44. The van der Waals surface area contributed by atoms with Gasteiger partial charge in [-0.05, 0) is 47.7 Å². The number of nitrogens with zero attached hydrogens (tertiary/aromatic N) is 1. The molecule has 2 aromatic rings. The molecule has 1 N–H and O–H groups in total. The summed E-state index contributed by atoms with van der Waals surface area (Å²) in [6.07, 6.45) is 1.62. The van der Waals surface area contributed by atoms with Gasteiger partial charge in [-0.15, -0.1) is 0 Å². The second-order valence-electron chi connectivity index (χ2n) is 5.20. The summed E-state index contributed by atoms with van der Waals surface area (Å²) >= 11 is 6.88. The fourth-order valence-electron chi connectivity index (χ4n) is 2.22. The molecule has 0 unspecified atom stereocenters. The number of carbonyl (C=O) groups is 2. The van der Waals surface area contributed by atoms with Crippen molar-refractivity contribution >= 4 is 40.6 Å². The molecule has 7 heteroatoms. The first-order chi connectivity index (χ1) is 12.0. The van der Waals surface area contributed by atoms with Crippen molar-refractivity contribution in [2.24, 2.45) is 0 Å². The van der Waals surface area contributed by atoms with E-state index in [1.807, 2.05) is 0 Å². The van der Waals surface area contributed by atoms with Gasteiger partial charge in [0.05, 0.1) is 16.5 Å². The highest BCUT2D eigenvalue weighted by Crippen LogP contribution is 2.32. The molecular weight excluding hydrogens is 362 g/mol. The SMILES string of the molecule is O=C1S/C(=C\c2ccc(O)cc2)C(=O)N1CCOc1ccccc1Cl. The van der Waals surface area contributed by atoms with Crippen LogP contribution in [0.1, 0.15) is 5.56 Å². The van der Waals surface area contributed by atoms with E-state index >= 15 is 0 Å². The van der Waals surface area contributed by atoms with Crippen molar-refractivity contribution in [2.45, 2.75) is 0 Å². The van der Waals surface area contributed by atoms with Crippen LogP contribution in [0.15, 0.2) is 53.4 Å². The largest absolute Gasteiger partial charge is 0.508 e. The van der Waals surface area contributed by atoms with Gasteiger partial charge in [-0.2, -0.15) is 0 Å². The Morgan fingerprint density at radius 3 is 2.56 bits per heavy atom. The maximum absolute atomic E-state index is 12.4. The summed E-state index contributed by atoms with van der Waals surface area (Å²) < 4.78 is 5.53. The van der Waals surface area contributed by atoms with Crippen LogP contribution >= 0.6 is 23.4 Å². The molecule has 0 aliphatic carbocycles. The minimum Gasteiger partial charge on any atom is -0.508 e. The van der Waals surface area contributed by atoms with Crippen LogP contribution in [-0.4, -0.2) is 34.3 Å². The number of amides is 2. The number of phenolic OH excluding ortho intramolecular Hbond substituents is 1. The molecule has 128 valence electrons. The second kappa shape index (κ2) is 7.63. The van der Waals surface area contributed by atoms with Gasteiger partial charge in [0.25, 0.3) is 11.1 Å². The number of benzene rings is 2. The summed E-state index contributed by atoms with van der Waals surface area (Å²) in [7, 11) is 0. The van der Waals surface area contributed by atoms with Gasteiger partial charge in [-0.25, -0.2) is 0 Å². The van der Waals surface area contributed by atoms with E-state index in [2.05, 4.69) is 0 Å². The first-order valence-corrected chi connectivity index (χ1v) is 8.66. The number of ether oxygens (including phenoxy) is 1. The van der Waals surface area contributed by atoms with E-state index in [0.717, 1.165) is 22.2 Å². The molecule has 1 saturated heterocycles. The van der Waals surface area contributed by atoms with Gasteiger partial charge >= 0.3 is 0 Å². The van der Waals surface area contributed by atoms with Gasteiger partial charge in [0, 0.05) is 0 Å². The number of aromatic hydroxyl groups is 1. The van der Waals surface area contributed by atoms with Crippen molar-refractivity contribution in [1.82, 2.24) is 4.90 Å². The van der Waals surface area contributed by atoms with Gasteiger partial charge in [-0.3, -0.25) is 14.5 Å². The standard InChI is InChI=1S/C18H14ClNO4S/c19-14-3-1-2-4-15(14)24-10-9-20-17(22)16(25-18(20)23)11-12-5-7-13(21)8-6-12/h1-8,11,21H,9-10H2/b16-11-. The molecule has 25 heavy (non-hydrogen) atoms. The number of imide groups is 1. The Morgan fingerprint density at radius 2 is 1.84 bits per heavy atom. The number of thioether (sulfide) groups is 1. The highest BCUT2D eigenvalue weighted by atomic mass is 35.5. The number of hydrogen-bond donors (Lipinski definition) is 1. The number of carbonyl (C=O) groups excluding carboxylic acids is 2. The summed E-state index contributed by atoms with van der Waals surface area (Å²) in [4.78, 5) is 25.9. The zero-order valence-corrected chi connectivity index (χ0v) is 14.6. The van der Waals surface area contributed by atoms with Crippen molar-refractivity contribution in [1.29, 1.82) is 0 Å². The summed E-state index contributed by atoms with van der Waals surface area (Å²) in [5.74, 6) is 0.295. The van der Waals surface area contributed by atoms with E-state index in [9.17, 15) is 14.7 Å². The lowest BCUT2D eigenvalue weighted by Crippen LogP contribution is -2.32. The van der Waals surface area contributed by atoms with Crippen LogP contribution in [0.25, 0.3) is 6.08 Å². The maximum Gasteiger partial charge on any atom is 0.293 e. The van der Waals surface area contributed by atoms with E-state index in [-0.39, 0.29) is 30.0 Å². The molecule has 0 radical (unpaired) electrons. The summed E-state index contributed by atoms with van der Waals surface area (Å²) in [6.45, 7) is 0.303. The highest BCUT2D eigenvalue weighted by Gasteiger charge is 2.34. The van der Waals surface area contributed by atoms with Gasteiger partial charge in [0.15, 0.2) is 0 Å². The normalized spacial score (nSPS) is 15.9. The smallest absolute Gasteiger partial charge is 0.293 e. The Labute approximate surface area is 153 Å². The van der Waals surface area contributed by atoms with Crippen molar-refractivity contribution in [3.8, 4) is 11.5 Å². The van der Waals surface area contributed by atoms with Crippen LogP contribution in [-0.2, 0) is 4.79 Å². The van der Waals surface area contributed by atoms with Gasteiger partial charge in [0.1, 0.15) is 18.1 Å². The first kappa shape index (κ1) is 17.4. The highest BCUT2D eigenvalue weighted by molar-refractivity contribution is 8.18. The Bertz CT molecular complexity index is 835. The molecule has 5 nitrogen and oxygen atoms in total. The zero-order chi connectivity index (χ0) is 17.8. The molecule has 0 atom stereocenters. The second-order valence-corrected chi connectivity index (χ2v) is 6.60. The topological polar surface area (TPSA) is 66.8 Å². The molecule has 1 fully saturated rings. The van der Waals surface area contributed by atoms with Crippen molar-refractivity contribution < 1.29 is 19.4 Å². The molecule has 1 aliphatic heterocycles. The predicted octanol–water partition coefficient (Wildman–Crippen LogP) is 4.16. The summed E-state index contributed by atoms with van der Waals surface area (Å²) in [5.41, 5.74) is 0.732. The van der Waals surface area contributed by atoms with Crippen LogP contribution in [0.2, 0.25) is 5.02 Å². The third kappa shape index (κ3) is 4.15. The molecule has 0 spiro atoms. The predicted molar refractivity (Wildman–Crippen MR) is 97.7 cm³/mol. The number of para-hydroxylation sites is 1. The average Bonchev–Trinajstić information content (AvgIpc) is 2.86. The van der Waals surface area contributed by atoms with Crippen LogP contribution in [0.3, 0.4) is 0 Å². The van der Waals surface area contributed by atoms with Crippen LogP contribution < -0.4 is 4.74 Å². The zero-order valence-electron chi connectivity index (χ0n) is 13.0. The van der Waals surface area contributed by atoms with E-state index < -0.39 is 0 Å². The quantitative estimate of drug-likeness (QED) is 0.795.